The third kappa shape index (κ3) is 6.38. The van der Waals surface area contributed by atoms with E-state index in [1.807, 2.05) is 16.7 Å². The van der Waals surface area contributed by atoms with E-state index in [2.05, 4.69) is 31.2 Å². The van der Waals surface area contributed by atoms with Crippen LogP contribution < -0.4 is 20.5 Å². The second-order valence-corrected chi connectivity index (χ2v) is 12.7. The standard InChI is InChI=1S/C26H32BrN7O5S/c1-14(30-25(36)39-26(2,3)4)23(35)33-7-5-6-15(10-33)11-34-12-29-21(28)20-22(34)32-24(31-20)40-19-9-18-17(8-16(19)27)37-13-38-18/h8-9,12,14-15H,5-7,10-11,13,28H2,1-4H3,(H,30,36)/t14-,15?/m0/s1. The summed E-state index contributed by atoms with van der Waals surface area (Å²) in [4.78, 5) is 41.7. The summed E-state index contributed by atoms with van der Waals surface area (Å²) < 4.78 is 19.0. The lowest BCUT2D eigenvalue weighted by molar-refractivity contribution is -0.135. The van der Waals surface area contributed by atoms with E-state index in [1.165, 1.54) is 11.8 Å². The molecule has 12 nitrogen and oxygen atoms in total. The summed E-state index contributed by atoms with van der Waals surface area (Å²) in [5.41, 5.74) is 6.05. The van der Waals surface area contributed by atoms with Crippen LogP contribution >= 0.6 is 27.7 Å². The van der Waals surface area contributed by atoms with Gasteiger partial charge in [0.25, 0.3) is 0 Å². The van der Waals surface area contributed by atoms with Crippen LogP contribution in [0.25, 0.3) is 11.5 Å². The van der Waals surface area contributed by atoms with Gasteiger partial charge in [-0.25, -0.2) is 19.7 Å². The van der Waals surface area contributed by atoms with Crippen molar-refractivity contribution in [3.05, 3.63) is 22.9 Å². The summed E-state index contributed by atoms with van der Waals surface area (Å²) in [6.07, 6.45) is 2.86. The monoisotopic (exact) mass is 633 g/mol. The van der Waals surface area contributed by atoms with Gasteiger partial charge in [0.15, 0.2) is 34.0 Å². The number of nitrogens with zero attached hydrogens (tertiary/aromatic N) is 5. The highest BCUT2D eigenvalue weighted by atomic mass is 79.9. The Bertz CT molecular complexity index is 1390. The lowest BCUT2D eigenvalue weighted by Gasteiger charge is -2.35. The minimum Gasteiger partial charge on any atom is -0.454 e. The molecule has 0 saturated carbocycles. The summed E-state index contributed by atoms with van der Waals surface area (Å²) in [6, 6.07) is 3.06. The molecule has 2 atom stereocenters. The van der Waals surface area contributed by atoms with Crippen molar-refractivity contribution in [2.75, 3.05) is 25.6 Å². The number of hydrogen-bond donors (Lipinski definition) is 2. The lowest BCUT2D eigenvalue weighted by atomic mass is 9.97. The predicted octanol–water partition coefficient (Wildman–Crippen LogP) is 4.15. The number of halogens is 1. The van der Waals surface area contributed by atoms with E-state index < -0.39 is 17.7 Å². The number of carbonyl (C=O) groups excluding carboxylic acids is 2. The number of benzene rings is 1. The molecular weight excluding hydrogens is 602 g/mol. The van der Waals surface area contributed by atoms with E-state index >= 15 is 0 Å². The van der Waals surface area contributed by atoms with Crippen LogP contribution in [0.2, 0.25) is 0 Å². The van der Waals surface area contributed by atoms with Crippen molar-refractivity contribution in [2.24, 2.45) is 5.92 Å². The van der Waals surface area contributed by atoms with E-state index in [4.69, 9.17) is 24.9 Å². The quantitative estimate of drug-likeness (QED) is 0.405. The number of fused-ring (bicyclic) bond motifs is 2. The first-order valence-corrected chi connectivity index (χ1v) is 14.6. The molecule has 0 spiro atoms. The summed E-state index contributed by atoms with van der Waals surface area (Å²) >= 11 is 4.97. The summed E-state index contributed by atoms with van der Waals surface area (Å²) in [7, 11) is 0. The number of hydrogen-bond acceptors (Lipinski definition) is 10. The first-order chi connectivity index (χ1) is 19.0. The van der Waals surface area contributed by atoms with Crippen molar-refractivity contribution in [2.45, 2.75) is 68.8 Å². The van der Waals surface area contributed by atoms with Gasteiger partial charge in [-0.1, -0.05) is 0 Å². The summed E-state index contributed by atoms with van der Waals surface area (Å²) in [5, 5.41) is 3.18. The summed E-state index contributed by atoms with van der Waals surface area (Å²) in [5.74, 6) is 2.33. The highest BCUT2D eigenvalue weighted by Gasteiger charge is 2.30. The molecular formula is C26H32BrN7O5S. The van der Waals surface area contributed by atoms with Crippen molar-refractivity contribution in [1.82, 2.24) is 29.7 Å². The molecule has 4 aliphatic heterocycles. The number of nitrogens with one attached hydrogen (secondary N) is 1. The molecule has 14 heteroatoms. The summed E-state index contributed by atoms with van der Waals surface area (Å²) in [6.45, 7) is 9.00. The van der Waals surface area contributed by atoms with E-state index in [0.29, 0.717) is 53.6 Å². The van der Waals surface area contributed by atoms with Gasteiger partial charge in [-0.3, -0.25) is 4.79 Å². The van der Waals surface area contributed by atoms with E-state index in [9.17, 15) is 9.59 Å². The molecule has 0 aromatic heterocycles. The molecule has 0 aliphatic carbocycles. The van der Waals surface area contributed by atoms with Crippen LogP contribution in [0.5, 0.6) is 11.5 Å². The van der Waals surface area contributed by atoms with Crippen molar-refractivity contribution < 1.29 is 23.8 Å². The average molecular weight is 635 g/mol. The Hall–Kier alpha value is -3.26. The SMILES string of the molecule is C[C@H](NC(=O)OC(C)(C)C)C(=O)N1CCCC(Cn2cnc(N)c3nc(Sc4cc5c(cc4Br)OCO5)nc2-3)C1. The van der Waals surface area contributed by atoms with Crippen LogP contribution in [-0.4, -0.2) is 67.9 Å². The van der Waals surface area contributed by atoms with Gasteiger partial charge in [0.1, 0.15) is 11.6 Å². The van der Waals surface area contributed by atoms with Crippen LogP contribution in [-0.2, 0) is 16.1 Å². The van der Waals surface area contributed by atoms with Crippen LogP contribution in [0, 0.1) is 5.92 Å². The minimum absolute atomic E-state index is 0.137. The molecule has 1 unspecified atom stereocenters. The number of nitrogen functional groups attached to an aromatic ring is 1. The fraction of sp³-hybridized carbons (Fsp3) is 0.500. The lowest BCUT2D eigenvalue weighted by Crippen LogP contribution is -2.51. The Morgan fingerprint density at radius 1 is 1.27 bits per heavy atom. The first-order valence-electron chi connectivity index (χ1n) is 13.0. The third-order valence-corrected chi connectivity index (χ3v) is 8.33. The molecule has 3 N–H and O–H groups in total. The molecule has 1 saturated heterocycles. The number of ether oxygens (including phenoxy) is 3. The zero-order valence-corrected chi connectivity index (χ0v) is 25.2. The molecule has 4 aliphatic rings. The minimum atomic E-state index is -0.692. The second kappa shape index (κ2) is 11.3. The van der Waals surface area contributed by atoms with Gasteiger partial charge in [0.2, 0.25) is 12.7 Å². The Balaban J connectivity index is 1.27. The van der Waals surface area contributed by atoms with Gasteiger partial charge >= 0.3 is 6.09 Å². The molecule has 40 heavy (non-hydrogen) atoms. The number of aromatic nitrogens is 4. The van der Waals surface area contributed by atoms with Crippen molar-refractivity contribution in [3.8, 4) is 23.0 Å². The van der Waals surface area contributed by atoms with Gasteiger partial charge < -0.3 is 34.7 Å². The maximum atomic E-state index is 13.1. The maximum absolute atomic E-state index is 13.1. The number of carbonyl (C=O) groups is 2. The fourth-order valence-electron chi connectivity index (χ4n) is 4.70. The Labute approximate surface area is 244 Å². The number of piperidine rings is 1. The predicted molar refractivity (Wildman–Crippen MR) is 151 cm³/mol. The van der Waals surface area contributed by atoms with E-state index in [-0.39, 0.29) is 18.6 Å². The number of alkyl carbamates (subject to hydrolysis) is 1. The van der Waals surface area contributed by atoms with E-state index in [1.54, 1.807) is 38.9 Å². The van der Waals surface area contributed by atoms with Crippen LogP contribution in [0.4, 0.5) is 10.6 Å². The van der Waals surface area contributed by atoms with E-state index in [0.717, 1.165) is 22.2 Å². The number of imidazole rings is 1. The zero-order chi connectivity index (χ0) is 28.6. The maximum Gasteiger partial charge on any atom is 0.408 e. The van der Waals surface area contributed by atoms with Crippen molar-refractivity contribution in [3.63, 3.8) is 0 Å². The smallest absolute Gasteiger partial charge is 0.408 e. The van der Waals surface area contributed by atoms with Gasteiger partial charge in [0.05, 0.1) is 6.33 Å². The molecule has 5 rings (SSSR count). The largest absolute Gasteiger partial charge is 0.454 e. The van der Waals surface area contributed by atoms with Crippen molar-refractivity contribution in [1.29, 1.82) is 0 Å². The van der Waals surface area contributed by atoms with Crippen molar-refractivity contribution >= 4 is 45.5 Å². The van der Waals surface area contributed by atoms with Gasteiger partial charge in [-0.15, -0.1) is 0 Å². The normalized spacial score (nSPS) is 17.6. The fourth-order valence-corrected chi connectivity index (χ4v) is 6.05. The highest BCUT2D eigenvalue weighted by Crippen LogP contribution is 2.43. The van der Waals surface area contributed by atoms with Crippen LogP contribution in [0.3, 0.4) is 0 Å². The highest BCUT2D eigenvalue weighted by molar-refractivity contribution is 9.10. The number of rotatable bonds is 6. The molecule has 1 aromatic carbocycles. The Kier molecular flexibility index (Phi) is 8.00. The molecule has 1 aromatic rings. The van der Waals surface area contributed by atoms with Gasteiger partial charge in [-0.2, -0.15) is 0 Å². The third-order valence-electron chi connectivity index (χ3n) is 6.49. The number of amides is 2. The Morgan fingerprint density at radius 2 is 2.02 bits per heavy atom. The Morgan fingerprint density at radius 3 is 2.77 bits per heavy atom. The topological polar surface area (TPSA) is 147 Å². The number of nitrogens with two attached hydrogens (primary N) is 1. The molecule has 0 radical (unpaired) electrons. The molecule has 4 heterocycles. The van der Waals surface area contributed by atoms with Gasteiger partial charge in [-0.05, 0) is 86.3 Å². The molecule has 214 valence electrons. The van der Waals surface area contributed by atoms with Crippen LogP contribution in [0.1, 0.15) is 40.5 Å². The second-order valence-electron chi connectivity index (χ2n) is 10.9. The zero-order valence-electron chi connectivity index (χ0n) is 22.8. The average Bonchev–Trinajstić information content (AvgIpc) is 3.52. The molecule has 0 bridgehead atoms. The first kappa shape index (κ1) is 28.3. The molecule has 2 amide bonds. The van der Waals surface area contributed by atoms with Crippen LogP contribution in [0.15, 0.2) is 33.0 Å². The molecule has 1 fully saturated rings. The van der Waals surface area contributed by atoms with Gasteiger partial charge in [0, 0.05) is 29.0 Å². The number of anilines is 1. The number of likely N-dealkylation sites (tertiary alicyclic amines) is 1.